The molecule has 1 saturated heterocycles. The SMILES string of the molecule is Nc1ccc(NCCCN2CCN(c3cccc(Cl)c3Cl)CC2)cc1.[B]C(C)(CNC(=O)CCC(=O)NC(C)(C)CCOC(C)CCCCCCl)OCCC(C)(C)C(=O)Nc1ccc(N)cc1. The Morgan fingerprint density at radius 1 is 0.791 bits per heavy atom. The van der Waals surface area contributed by atoms with E-state index in [-0.39, 0.29) is 49.8 Å². The van der Waals surface area contributed by atoms with Gasteiger partial charge < -0.3 is 47.1 Å². The molecule has 2 atom stereocenters. The Morgan fingerprint density at radius 3 is 2.06 bits per heavy atom. The Morgan fingerprint density at radius 2 is 1.42 bits per heavy atom. The van der Waals surface area contributed by atoms with Gasteiger partial charge in [0.15, 0.2) is 0 Å². The van der Waals surface area contributed by atoms with Crippen molar-refractivity contribution in [1.29, 1.82) is 0 Å². The second-order valence-corrected chi connectivity index (χ2v) is 20.0. The Balaban J connectivity index is 0.000000401. The van der Waals surface area contributed by atoms with Gasteiger partial charge in [0.25, 0.3) is 0 Å². The summed E-state index contributed by atoms with van der Waals surface area (Å²) in [6, 6.07) is 20.6. The van der Waals surface area contributed by atoms with E-state index in [1.807, 2.05) is 70.2 Å². The molecule has 370 valence electrons. The van der Waals surface area contributed by atoms with Crippen molar-refractivity contribution in [2.75, 3.05) is 91.9 Å². The van der Waals surface area contributed by atoms with Crippen LogP contribution in [0.3, 0.4) is 0 Å². The van der Waals surface area contributed by atoms with E-state index in [1.165, 1.54) is 0 Å². The largest absolute Gasteiger partial charge is 0.399 e. The molecular formula is C50H76BCl3N8O5. The van der Waals surface area contributed by atoms with Crippen LogP contribution in [0.2, 0.25) is 10.0 Å². The maximum absolute atomic E-state index is 12.7. The summed E-state index contributed by atoms with van der Waals surface area (Å²) >= 11 is 18.2. The number of alkyl halides is 1. The van der Waals surface area contributed by atoms with E-state index >= 15 is 0 Å². The van der Waals surface area contributed by atoms with E-state index < -0.39 is 16.5 Å². The van der Waals surface area contributed by atoms with Crippen LogP contribution in [0.5, 0.6) is 0 Å². The molecule has 3 amide bonds. The summed E-state index contributed by atoms with van der Waals surface area (Å²) < 4.78 is 11.7. The van der Waals surface area contributed by atoms with Gasteiger partial charge in [-0.3, -0.25) is 19.3 Å². The van der Waals surface area contributed by atoms with Crippen molar-refractivity contribution in [3.8, 4) is 0 Å². The highest BCUT2D eigenvalue weighted by molar-refractivity contribution is 6.43. The lowest BCUT2D eigenvalue weighted by Crippen LogP contribution is -2.47. The molecule has 0 aromatic heterocycles. The number of anilines is 5. The van der Waals surface area contributed by atoms with Crippen LogP contribution >= 0.6 is 34.8 Å². The van der Waals surface area contributed by atoms with E-state index in [1.54, 1.807) is 31.2 Å². The maximum atomic E-state index is 12.7. The van der Waals surface area contributed by atoms with E-state index in [2.05, 4.69) is 38.0 Å². The van der Waals surface area contributed by atoms with Crippen LogP contribution in [0.15, 0.2) is 66.7 Å². The van der Waals surface area contributed by atoms with Gasteiger partial charge in [0.2, 0.25) is 17.7 Å². The number of hydrogen-bond acceptors (Lipinski definition) is 10. The smallest absolute Gasteiger partial charge is 0.230 e. The summed E-state index contributed by atoms with van der Waals surface area (Å²) in [6.45, 7) is 18.2. The number of carbonyl (C=O) groups is 3. The Bertz CT molecular complexity index is 1930. The number of unbranched alkanes of at least 4 members (excludes halogenated alkanes) is 2. The third kappa shape index (κ3) is 23.3. The molecule has 13 nitrogen and oxygen atoms in total. The van der Waals surface area contributed by atoms with E-state index in [9.17, 15) is 14.4 Å². The summed E-state index contributed by atoms with van der Waals surface area (Å²) in [5.74, 6) is 0.0498. The molecule has 2 unspecified atom stereocenters. The lowest BCUT2D eigenvalue weighted by atomic mass is 9.82. The van der Waals surface area contributed by atoms with Crippen LogP contribution in [-0.2, 0) is 23.9 Å². The normalized spacial score (nSPS) is 14.6. The monoisotopic (exact) mass is 985 g/mol. The van der Waals surface area contributed by atoms with E-state index in [4.69, 9.17) is 63.6 Å². The van der Waals surface area contributed by atoms with Gasteiger partial charge in [-0.05, 0) is 127 Å². The van der Waals surface area contributed by atoms with Gasteiger partial charge in [-0.1, -0.05) is 56.0 Å². The number of nitrogens with two attached hydrogens (primary N) is 2. The first-order valence-electron chi connectivity index (χ1n) is 23.5. The standard InChI is InChI=1S/C31H52BClN4O5.C19H24Cl2N4/c1-23(10-8-7-9-19-33)41-20-18-30(4,5)37-27(39)16-15-26(38)35-22-31(6,32)42-21-17-29(2,3)28(40)36-25-13-11-24(34)12-14-25;20-17-3-1-4-18(19(17)21)25-13-11-24(12-14-25)10-2-9-23-16-7-5-15(22)6-8-16/h11-14,23H,7-10,15-22,34H2,1-6H3,(H,35,38)(H,36,40)(H,37,39);1,3-8,23H,2,9-14,22H2. The molecule has 0 aliphatic carbocycles. The number of hydrogen-bond donors (Lipinski definition) is 6. The van der Waals surface area contributed by atoms with Gasteiger partial charge in [0.1, 0.15) is 7.85 Å². The molecule has 67 heavy (non-hydrogen) atoms. The molecule has 0 saturated carbocycles. The first-order chi connectivity index (χ1) is 31.7. The summed E-state index contributed by atoms with van der Waals surface area (Å²) in [5.41, 5.74) is 13.3. The summed E-state index contributed by atoms with van der Waals surface area (Å²) in [7, 11) is 6.21. The fourth-order valence-corrected chi connectivity index (χ4v) is 7.65. The number of ether oxygens (including phenoxy) is 2. The van der Waals surface area contributed by atoms with Crippen molar-refractivity contribution >= 4 is 88.8 Å². The number of halogens is 3. The topological polar surface area (TPSA) is 176 Å². The number of carbonyl (C=O) groups excluding carboxylic acids is 3. The Labute approximate surface area is 416 Å². The molecule has 1 aliphatic heterocycles. The molecule has 2 radical (unpaired) electrons. The number of piperazine rings is 1. The lowest BCUT2D eigenvalue weighted by Gasteiger charge is -2.36. The summed E-state index contributed by atoms with van der Waals surface area (Å²) in [6.07, 6.45) is 6.68. The highest BCUT2D eigenvalue weighted by Crippen LogP contribution is 2.33. The quantitative estimate of drug-likeness (QED) is 0.0187. The Hall–Kier alpha value is -3.92. The minimum Gasteiger partial charge on any atom is -0.399 e. The maximum Gasteiger partial charge on any atom is 0.230 e. The fraction of sp³-hybridized carbons (Fsp3) is 0.580. The average molecular weight is 986 g/mol. The molecule has 8 N–H and O–H groups in total. The third-order valence-electron chi connectivity index (χ3n) is 11.5. The van der Waals surface area contributed by atoms with E-state index in [0.29, 0.717) is 46.7 Å². The minimum absolute atomic E-state index is 0.0339. The lowest BCUT2D eigenvalue weighted by molar-refractivity contribution is -0.128. The van der Waals surface area contributed by atoms with Gasteiger partial charge in [0, 0.05) is 110 Å². The zero-order valence-electron chi connectivity index (χ0n) is 40.7. The number of benzene rings is 3. The van der Waals surface area contributed by atoms with Gasteiger partial charge >= 0.3 is 0 Å². The molecule has 1 fully saturated rings. The van der Waals surface area contributed by atoms with Crippen molar-refractivity contribution in [3.63, 3.8) is 0 Å². The van der Waals surface area contributed by atoms with Crippen molar-refractivity contribution in [1.82, 2.24) is 15.5 Å². The van der Waals surface area contributed by atoms with Crippen molar-refractivity contribution in [2.24, 2.45) is 5.41 Å². The molecule has 0 bridgehead atoms. The van der Waals surface area contributed by atoms with Crippen LogP contribution < -0.4 is 37.6 Å². The fourth-order valence-electron chi connectivity index (χ4n) is 7.05. The molecule has 1 heterocycles. The van der Waals surface area contributed by atoms with Gasteiger partial charge in [-0.2, -0.15) is 0 Å². The van der Waals surface area contributed by atoms with Crippen LogP contribution in [0, 0.1) is 5.41 Å². The summed E-state index contributed by atoms with van der Waals surface area (Å²) in [5, 5.41) is 13.3. The van der Waals surface area contributed by atoms with Crippen molar-refractivity contribution < 1.29 is 23.9 Å². The predicted molar refractivity (Wildman–Crippen MR) is 281 cm³/mol. The number of amides is 3. The third-order valence-corrected chi connectivity index (χ3v) is 12.6. The second-order valence-electron chi connectivity index (χ2n) is 18.9. The number of nitrogen functional groups attached to an aromatic ring is 2. The van der Waals surface area contributed by atoms with Crippen LogP contribution in [0.4, 0.5) is 28.4 Å². The van der Waals surface area contributed by atoms with Crippen LogP contribution in [-0.4, -0.2) is 113 Å². The van der Waals surface area contributed by atoms with Crippen LogP contribution in [0.25, 0.3) is 0 Å². The van der Waals surface area contributed by atoms with Gasteiger partial charge in [-0.25, -0.2) is 0 Å². The van der Waals surface area contributed by atoms with Gasteiger partial charge in [-0.15, -0.1) is 11.6 Å². The molecule has 3 aromatic rings. The van der Waals surface area contributed by atoms with E-state index in [0.717, 1.165) is 88.4 Å². The zero-order valence-corrected chi connectivity index (χ0v) is 42.9. The molecule has 0 spiro atoms. The second kappa shape index (κ2) is 29.2. The average Bonchev–Trinajstić information content (AvgIpc) is 3.27. The number of nitrogens with zero attached hydrogens (tertiary/aromatic N) is 2. The highest BCUT2D eigenvalue weighted by Gasteiger charge is 2.29. The van der Waals surface area contributed by atoms with Crippen LogP contribution in [0.1, 0.15) is 99.3 Å². The minimum atomic E-state index is -1.13. The molecule has 4 rings (SSSR count). The molecule has 3 aromatic carbocycles. The molecule has 17 heteroatoms. The van der Waals surface area contributed by atoms with Crippen molar-refractivity contribution in [3.05, 3.63) is 76.8 Å². The Kier molecular flexibility index (Phi) is 25.0. The highest BCUT2D eigenvalue weighted by atomic mass is 35.5. The number of rotatable bonds is 27. The first kappa shape index (κ1) is 57.4. The molecular weight excluding hydrogens is 910 g/mol. The van der Waals surface area contributed by atoms with Gasteiger partial charge in [0.05, 0.1) is 21.8 Å². The molecule has 1 aliphatic rings. The zero-order chi connectivity index (χ0) is 49.5. The van der Waals surface area contributed by atoms with Crippen molar-refractivity contribution in [2.45, 2.75) is 116 Å². The summed E-state index contributed by atoms with van der Waals surface area (Å²) in [4.78, 5) is 42.3. The number of nitrogens with one attached hydrogen (secondary N) is 4. The predicted octanol–water partition coefficient (Wildman–Crippen LogP) is 9.11. The first-order valence-corrected chi connectivity index (χ1v) is 24.8.